The summed E-state index contributed by atoms with van der Waals surface area (Å²) in [6, 6.07) is 8.86. The van der Waals surface area contributed by atoms with Crippen LogP contribution in [0.4, 0.5) is 5.69 Å². The highest BCUT2D eigenvalue weighted by Crippen LogP contribution is 2.44. The van der Waals surface area contributed by atoms with Crippen molar-refractivity contribution in [2.24, 2.45) is 4.99 Å². The monoisotopic (exact) mass is 545 g/mol. The summed E-state index contributed by atoms with van der Waals surface area (Å²) in [6.07, 6.45) is -3.69. The van der Waals surface area contributed by atoms with E-state index in [4.69, 9.17) is 32.7 Å². The first kappa shape index (κ1) is 24.8. The zero-order valence-corrected chi connectivity index (χ0v) is 21.7. The molecule has 0 saturated carbocycles. The first-order valence-corrected chi connectivity index (χ1v) is 12.7. The lowest BCUT2D eigenvalue weighted by molar-refractivity contribution is -0.321. The van der Waals surface area contributed by atoms with Gasteiger partial charge in [-0.15, -0.1) is 0 Å². The molecule has 194 valence electrons. The van der Waals surface area contributed by atoms with Gasteiger partial charge in [-0.2, -0.15) is 0 Å². The number of benzene rings is 2. The van der Waals surface area contributed by atoms with Crippen molar-refractivity contribution in [2.75, 3.05) is 0 Å². The van der Waals surface area contributed by atoms with Gasteiger partial charge in [0, 0.05) is 15.4 Å². The van der Waals surface area contributed by atoms with Crippen molar-refractivity contribution in [1.82, 2.24) is 9.88 Å². The summed E-state index contributed by atoms with van der Waals surface area (Å²) >= 11 is 12.4. The summed E-state index contributed by atoms with van der Waals surface area (Å²) < 4.78 is 13.8. The largest absolute Gasteiger partial charge is 0.505 e. The van der Waals surface area contributed by atoms with Gasteiger partial charge in [-0.3, -0.25) is 4.79 Å². The van der Waals surface area contributed by atoms with Crippen molar-refractivity contribution in [1.29, 1.82) is 0 Å². The van der Waals surface area contributed by atoms with Gasteiger partial charge in [-0.25, -0.2) is 4.99 Å². The Kier molecular flexibility index (Phi) is 5.70. The van der Waals surface area contributed by atoms with E-state index in [0.717, 1.165) is 0 Å². The normalized spacial score (nSPS) is 33.4. The minimum atomic E-state index is -1.53. The molecule has 3 aromatic rings. The van der Waals surface area contributed by atoms with E-state index in [0.29, 0.717) is 32.2 Å². The van der Waals surface area contributed by atoms with Gasteiger partial charge in [0.2, 0.25) is 5.78 Å². The second-order valence-electron chi connectivity index (χ2n) is 9.95. The van der Waals surface area contributed by atoms with Crippen LogP contribution in [0, 0.1) is 0 Å². The van der Waals surface area contributed by atoms with Crippen molar-refractivity contribution < 1.29 is 29.6 Å². The second kappa shape index (κ2) is 8.51. The van der Waals surface area contributed by atoms with E-state index < -0.39 is 48.2 Å². The highest BCUT2D eigenvalue weighted by Gasteiger charge is 2.53. The van der Waals surface area contributed by atoms with Gasteiger partial charge in [-0.1, -0.05) is 23.2 Å². The molecular weight excluding hydrogens is 521 g/mol. The van der Waals surface area contributed by atoms with Crippen LogP contribution < -0.4 is 5.32 Å². The highest BCUT2D eigenvalue weighted by atomic mass is 35.5. The molecule has 0 amide bonds. The number of aliphatic imine (C=N–C) groups is 1. The third-order valence-corrected chi connectivity index (χ3v) is 8.00. The average Bonchev–Trinajstić information content (AvgIpc) is 3.30. The number of aliphatic hydroxyl groups excluding tert-OH is 1. The number of aromatic nitrogens is 1. The summed E-state index contributed by atoms with van der Waals surface area (Å²) in [5.41, 5.74) is 1.26. The number of Topliss-reactive ketones (excluding diaryl/α,β-unsaturated/α-hetero) is 1. The summed E-state index contributed by atoms with van der Waals surface area (Å²) in [7, 11) is 0. The van der Waals surface area contributed by atoms with Crippen LogP contribution in [0.15, 0.2) is 41.4 Å². The number of hydrogen-bond donors (Lipinski definition) is 4. The summed E-state index contributed by atoms with van der Waals surface area (Å²) in [5, 5.41) is 38.1. The summed E-state index contributed by atoms with van der Waals surface area (Å²) in [5.74, 6) is -2.18. The van der Waals surface area contributed by atoms with Gasteiger partial charge in [0.1, 0.15) is 23.6 Å². The lowest BCUT2D eigenvalue weighted by Crippen LogP contribution is -2.71. The zero-order chi connectivity index (χ0) is 26.4. The zero-order valence-electron chi connectivity index (χ0n) is 20.1. The molecule has 4 heterocycles. The quantitative estimate of drug-likeness (QED) is 0.386. The molecule has 0 unspecified atom stereocenters. The predicted molar refractivity (Wildman–Crippen MR) is 138 cm³/mol. The summed E-state index contributed by atoms with van der Waals surface area (Å²) in [6.45, 7) is 5.15. The molecule has 2 fully saturated rings. The van der Waals surface area contributed by atoms with E-state index in [2.05, 4.69) is 10.3 Å². The molecule has 0 spiro atoms. The molecule has 7 atom stereocenters. The lowest BCUT2D eigenvalue weighted by atomic mass is 9.91. The number of ketones is 1. The van der Waals surface area contributed by atoms with Crippen LogP contribution in [0.25, 0.3) is 10.9 Å². The van der Waals surface area contributed by atoms with E-state index in [-0.39, 0.29) is 17.2 Å². The molecule has 1 aromatic heterocycles. The van der Waals surface area contributed by atoms with E-state index in [1.165, 1.54) is 13.0 Å². The standard InChI is InChI=1S/C26H25Cl2N3O6/c1-10-18-24(37-26(3,35)11(2)29-18)23(34)25(36-10)31-17-7-5-13(28)9-15(17)22(33)20(31)19-21(32)14-8-12(27)4-6-16(14)30-19/h4-11,18,23-25,29,33-35H,1-3H3/t10-,11+,18-,23-,24+,25+,26+/m1/s1. The maximum Gasteiger partial charge on any atom is 0.215 e. The molecule has 11 heteroatoms. The van der Waals surface area contributed by atoms with Crippen LogP contribution in [0.5, 0.6) is 5.75 Å². The second-order valence-corrected chi connectivity index (χ2v) is 10.8. The molecule has 3 aliphatic heterocycles. The number of halogens is 2. The molecule has 2 aromatic carbocycles. The Bertz CT molecular complexity index is 1480. The fourth-order valence-corrected chi connectivity index (χ4v) is 5.79. The smallest absolute Gasteiger partial charge is 0.215 e. The number of rotatable bonds is 2. The molecule has 2 saturated heterocycles. The maximum atomic E-state index is 13.5. The molecule has 0 aliphatic carbocycles. The number of hydrogen-bond acceptors (Lipinski definition) is 8. The maximum absolute atomic E-state index is 13.5. The number of aliphatic hydroxyl groups is 2. The van der Waals surface area contributed by atoms with Crippen LogP contribution in [-0.4, -0.2) is 67.6 Å². The van der Waals surface area contributed by atoms with Crippen LogP contribution in [-0.2, 0) is 9.47 Å². The molecule has 9 nitrogen and oxygen atoms in total. The van der Waals surface area contributed by atoms with Crippen molar-refractivity contribution in [3.8, 4) is 5.75 Å². The SMILES string of the molecule is C[C@@H]1N[C@H]2[C@H](O[C@]1(C)O)[C@@H](O)[C@@H](n1c(C3=Nc4ccc(Cl)cc4C3=O)c(O)c3cc(Cl)ccc31)O[C@@H]2C. The number of morpholine rings is 1. The van der Waals surface area contributed by atoms with E-state index in [1.807, 2.05) is 6.92 Å². The fraction of sp³-hybridized carbons (Fsp3) is 0.385. The number of aromatic hydroxyl groups is 1. The van der Waals surface area contributed by atoms with E-state index in [9.17, 15) is 20.1 Å². The Hall–Kier alpha value is -2.50. The van der Waals surface area contributed by atoms with Crippen LogP contribution >= 0.6 is 23.2 Å². The van der Waals surface area contributed by atoms with Crippen molar-refractivity contribution in [2.45, 2.75) is 63.2 Å². The number of nitrogens with zero attached hydrogens (tertiary/aromatic N) is 2. The highest BCUT2D eigenvalue weighted by molar-refractivity contribution is 6.55. The molecule has 4 N–H and O–H groups in total. The number of fused-ring (bicyclic) bond motifs is 3. The molecule has 37 heavy (non-hydrogen) atoms. The van der Waals surface area contributed by atoms with Crippen molar-refractivity contribution in [3.63, 3.8) is 0 Å². The first-order chi connectivity index (χ1) is 17.5. The fourth-order valence-electron chi connectivity index (χ4n) is 5.44. The van der Waals surface area contributed by atoms with Crippen LogP contribution in [0.1, 0.15) is 43.1 Å². The number of carbonyl (C=O) groups excluding carboxylic acids is 1. The molecule has 0 radical (unpaired) electrons. The van der Waals surface area contributed by atoms with Gasteiger partial charge >= 0.3 is 0 Å². The molecule has 6 rings (SSSR count). The molecular formula is C26H25Cl2N3O6. The Morgan fingerprint density at radius 2 is 1.84 bits per heavy atom. The van der Waals surface area contributed by atoms with Crippen LogP contribution in [0.3, 0.4) is 0 Å². The van der Waals surface area contributed by atoms with E-state index in [1.54, 1.807) is 41.8 Å². The Balaban J connectivity index is 1.53. The van der Waals surface area contributed by atoms with Crippen molar-refractivity contribution >= 4 is 51.3 Å². The third-order valence-electron chi connectivity index (χ3n) is 7.53. The Morgan fingerprint density at radius 1 is 1.14 bits per heavy atom. The van der Waals surface area contributed by atoms with Gasteiger partial charge in [0.15, 0.2) is 17.8 Å². The third kappa shape index (κ3) is 3.72. The molecule has 3 aliphatic rings. The predicted octanol–water partition coefficient (Wildman–Crippen LogP) is 3.70. The first-order valence-electron chi connectivity index (χ1n) is 11.9. The van der Waals surface area contributed by atoms with Crippen LogP contribution in [0.2, 0.25) is 10.0 Å². The minimum absolute atomic E-state index is 0.0176. The van der Waals surface area contributed by atoms with Gasteiger partial charge in [0.05, 0.1) is 35.0 Å². The molecule has 0 bridgehead atoms. The van der Waals surface area contributed by atoms with Gasteiger partial charge in [-0.05, 0) is 57.2 Å². The summed E-state index contributed by atoms with van der Waals surface area (Å²) in [4.78, 5) is 18.0. The Labute approximate surface area is 222 Å². The van der Waals surface area contributed by atoms with Gasteiger partial charge in [0.25, 0.3) is 0 Å². The minimum Gasteiger partial charge on any atom is -0.505 e. The lowest BCUT2D eigenvalue weighted by Gasteiger charge is -2.52. The Morgan fingerprint density at radius 3 is 2.59 bits per heavy atom. The number of carbonyl (C=O) groups is 1. The topological polar surface area (TPSA) is 126 Å². The number of nitrogens with one attached hydrogen (secondary N) is 1. The van der Waals surface area contributed by atoms with Gasteiger partial charge < -0.3 is 34.7 Å². The number of ether oxygens (including phenoxy) is 2. The van der Waals surface area contributed by atoms with E-state index >= 15 is 0 Å². The van der Waals surface area contributed by atoms with Crippen molar-refractivity contribution in [3.05, 3.63) is 57.7 Å². The average molecular weight is 546 g/mol.